The van der Waals surface area contributed by atoms with E-state index in [1.165, 1.54) is 0 Å². The van der Waals surface area contributed by atoms with Crippen LogP contribution in [0.3, 0.4) is 0 Å². The predicted octanol–water partition coefficient (Wildman–Crippen LogP) is -0.120. The molecule has 4 nitrogen and oxygen atoms in total. The van der Waals surface area contributed by atoms with Gasteiger partial charge in [-0.25, -0.2) is 5.48 Å². The molecule has 3 N–H and O–H groups in total. The maximum atomic E-state index is 10.6. The molecule has 0 aliphatic carbocycles. The van der Waals surface area contributed by atoms with E-state index in [0.717, 1.165) is 13.0 Å². The maximum absolute atomic E-state index is 10.6. The van der Waals surface area contributed by atoms with E-state index in [0.29, 0.717) is 0 Å². The van der Waals surface area contributed by atoms with E-state index < -0.39 is 5.91 Å². The van der Waals surface area contributed by atoms with Crippen LogP contribution in [0.2, 0.25) is 0 Å². The molecule has 0 saturated heterocycles. The second-order valence-electron chi connectivity index (χ2n) is 2.15. The van der Waals surface area contributed by atoms with Gasteiger partial charge in [0.1, 0.15) is 0 Å². The first kappa shape index (κ1) is 9.39. The highest BCUT2D eigenvalue weighted by molar-refractivity contribution is 5.79. The zero-order chi connectivity index (χ0) is 7.98. The van der Waals surface area contributed by atoms with Crippen molar-refractivity contribution in [3.8, 4) is 0 Å². The fraction of sp³-hybridized carbons (Fsp3) is 0.833. The van der Waals surface area contributed by atoms with Crippen molar-refractivity contribution >= 4 is 5.91 Å². The van der Waals surface area contributed by atoms with Gasteiger partial charge in [-0.1, -0.05) is 6.92 Å². The minimum atomic E-state index is -0.395. The molecule has 1 amide bonds. The molecule has 0 saturated carbocycles. The summed E-state index contributed by atoms with van der Waals surface area (Å²) in [4.78, 5) is 10.6. The Kier molecular flexibility index (Phi) is 4.88. The van der Waals surface area contributed by atoms with Crippen molar-refractivity contribution in [1.29, 1.82) is 0 Å². The van der Waals surface area contributed by atoms with E-state index in [1.807, 2.05) is 6.92 Å². The SMILES string of the molecule is CCCN[C@@H](C)C(=O)NO. The van der Waals surface area contributed by atoms with Crippen LogP contribution in [0.1, 0.15) is 20.3 Å². The third-order valence-corrected chi connectivity index (χ3v) is 1.20. The lowest BCUT2D eigenvalue weighted by molar-refractivity contribution is -0.130. The van der Waals surface area contributed by atoms with Gasteiger partial charge in [0.05, 0.1) is 6.04 Å². The van der Waals surface area contributed by atoms with Crippen LogP contribution >= 0.6 is 0 Å². The first-order valence-corrected chi connectivity index (χ1v) is 3.39. The van der Waals surface area contributed by atoms with Crippen molar-refractivity contribution in [2.45, 2.75) is 26.3 Å². The van der Waals surface area contributed by atoms with Crippen LogP contribution in [0.4, 0.5) is 0 Å². The monoisotopic (exact) mass is 146 g/mol. The van der Waals surface area contributed by atoms with E-state index >= 15 is 0 Å². The van der Waals surface area contributed by atoms with E-state index in [4.69, 9.17) is 5.21 Å². The summed E-state index contributed by atoms with van der Waals surface area (Å²) in [6, 6.07) is -0.315. The minimum Gasteiger partial charge on any atom is -0.306 e. The zero-order valence-corrected chi connectivity index (χ0v) is 6.35. The number of amides is 1. The molecule has 0 aromatic rings. The fourth-order valence-corrected chi connectivity index (χ4v) is 0.550. The van der Waals surface area contributed by atoms with Crippen molar-refractivity contribution in [2.75, 3.05) is 6.54 Å². The molecule has 1 atom stereocenters. The number of carbonyl (C=O) groups is 1. The zero-order valence-electron chi connectivity index (χ0n) is 6.35. The lowest BCUT2D eigenvalue weighted by Gasteiger charge is -2.09. The summed E-state index contributed by atoms with van der Waals surface area (Å²) in [5.41, 5.74) is 1.57. The lowest BCUT2D eigenvalue weighted by atomic mass is 10.3. The van der Waals surface area contributed by atoms with Crippen LogP contribution in [-0.2, 0) is 4.79 Å². The molecule has 0 spiro atoms. The van der Waals surface area contributed by atoms with Crippen molar-refractivity contribution in [3.63, 3.8) is 0 Å². The summed E-state index contributed by atoms with van der Waals surface area (Å²) < 4.78 is 0. The maximum Gasteiger partial charge on any atom is 0.260 e. The molecule has 0 unspecified atom stereocenters. The van der Waals surface area contributed by atoms with Crippen LogP contribution in [0.15, 0.2) is 0 Å². The van der Waals surface area contributed by atoms with Gasteiger partial charge in [0.15, 0.2) is 0 Å². The highest BCUT2D eigenvalue weighted by Crippen LogP contribution is 1.80. The summed E-state index contributed by atoms with van der Waals surface area (Å²) in [7, 11) is 0. The Morgan fingerprint density at radius 3 is 2.70 bits per heavy atom. The largest absolute Gasteiger partial charge is 0.306 e. The van der Waals surface area contributed by atoms with Crippen LogP contribution < -0.4 is 10.8 Å². The average Bonchev–Trinajstić information content (AvgIpc) is 1.98. The molecular formula is C6H14N2O2. The van der Waals surface area contributed by atoms with E-state index in [2.05, 4.69) is 5.32 Å². The molecule has 0 heterocycles. The van der Waals surface area contributed by atoms with Gasteiger partial charge in [-0.05, 0) is 19.9 Å². The Morgan fingerprint density at radius 2 is 2.30 bits per heavy atom. The number of hydrogen-bond acceptors (Lipinski definition) is 3. The van der Waals surface area contributed by atoms with Crippen molar-refractivity contribution in [2.24, 2.45) is 0 Å². The van der Waals surface area contributed by atoms with Gasteiger partial charge in [0.2, 0.25) is 0 Å². The lowest BCUT2D eigenvalue weighted by Crippen LogP contribution is -2.41. The smallest absolute Gasteiger partial charge is 0.260 e. The first-order valence-electron chi connectivity index (χ1n) is 3.39. The summed E-state index contributed by atoms with van der Waals surface area (Å²) in [5.74, 6) is -0.395. The third kappa shape index (κ3) is 3.42. The molecule has 10 heavy (non-hydrogen) atoms. The van der Waals surface area contributed by atoms with E-state index in [-0.39, 0.29) is 6.04 Å². The van der Waals surface area contributed by atoms with Gasteiger partial charge in [0, 0.05) is 0 Å². The Labute approximate surface area is 60.6 Å². The van der Waals surface area contributed by atoms with Crippen molar-refractivity contribution in [1.82, 2.24) is 10.8 Å². The summed E-state index contributed by atoms with van der Waals surface area (Å²) in [6.07, 6.45) is 0.975. The van der Waals surface area contributed by atoms with Gasteiger partial charge in [0.25, 0.3) is 5.91 Å². The van der Waals surface area contributed by atoms with Crippen molar-refractivity contribution < 1.29 is 10.0 Å². The molecular weight excluding hydrogens is 132 g/mol. The Hall–Kier alpha value is -0.610. The molecule has 4 heteroatoms. The molecule has 0 aromatic carbocycles. The second kappa shape index (κ2) is 5.20. The van der Waals surface area contributed by atoms with Crippen LogP contribution in [0.5, 0.6) is 0 Å². The van der Waals surface area contributed by atoms with Gasteiger partial charge in [-0.15, -0.1) is 0 Å². The Bertz CT molecular complexity index is 106. The van der Waals surface area contributed by atoms with Crippen LogP contribution in [0, 0.1) is 0 Å². The van der Waals surface area contributed by atoms with Gasteiger partial charge in [-0.2, -0.15) is 0 Å². The molecule has 60 valence electrons. The quantitative estimate of drug-likeness (QED) is 0.383. The highest BCUT2D eigenvalue weighted by Gasteiger charge is 2.08. The standard InChI is InChI=1S/C6H14N2O2/c1-3-4-7-5(2)6(9)8-10/h5,7,10H,3-4H2,1-2H3,(H,8,9)/t5-/m0/s1. The molecule has 0 rings (SSSR count). The van der Waals surface area contributed by atoms with Crippen molar-refractivity contribution in [3.05, 3.63) is 0 Å². The summed E-state index contributed by atoms with van der Waals surface area (Å²) in [5, 5.41) is 11.1. The number of rotatable bonds is 4. The highest BCUT2D eigenvalue weighted by atomic mass is 16.5. The van der Waals surface area contributed by atoms with E-state index in [9.17, 15) is 4.79 Å². The Balaban J connectivity index is 3.41. The molecule has 0 aliphatic rings. The van der Waals surface area contributed by atoms with Crippen LogP contribution in [0.25, 0.3) is 0 Å². The normalized spacial score (nSPS) is 12.7. The number of carbonyl (C=O) groups excluding carboxylic acids is 1. The average molecular weight is 146 g/mol. The number of nitrogens with one attached hydrogen (secondary N) is 2. The number of hydroxylamine groups is 1. The third-order valence-electron chi connectivity index (χ3n) is 1.20. The second-order valence-corrected chi connectivity index (χ2v) is 2.15. The first-order chi connectivity index (χ1) is 4.72. The molecule has 0 radical (unpaired) electrons. The van der Waals surface area contributed by atoms with Gasteiger partial charge < -0.3 is 5.32 Å². The van der Waals surface area contributed by atoms with E-state index in [1.54, 1.807) is 12.4 Å². The predicted molar refractivity (Wildman–Crippen MR) is 37.7 cm³/mol. The molecule has 0 aliphatic heterocycles. The summed E-state index contributed by atoms with van der Waals surface area (Å²) >= 11 is 0. The van der Waals surface area contributed by atoms with Crippen LogP contribution in [-0.4, -0.2) is 23.7 Å². The molecule has 0 aromatic heterocycles. The van der Waals surface area contributed by atoms with Gasteiger partial charge in [-0.3, -0.25) is 10.0 Å². The molecule has 0 fully saturated rings. The van der Waals surface area contributed by atoms with Gasteiger partial charge >= 0.3 is 0 Å². The fourth-order valence-electron chi connectivity index (χ4n) is 0.550. The Morgan fingerprint density at radius 1 is 1.70 bits per heavy atom. The topological polar surface area (TPSA) is 61.4 Å². The summed E-state index contributed by atoms with van der Waals surface area (Å²) in [6.45, 7) is 4.49. The number of hydrogen-bond donors (Lipinski definition) is 3. The minimum absolute atomic E-state index is 0.315. The molecule has 0 bridgehead atoms.